The van der Waals surface area contributed by atoms with Crippen molar-refractivity contribution in [3.8, 4) is 5.75 Å². The fraction of sp³-hybridized carbons (Fsp3) is 0.125. The Balaban J connectivity index is 3.38. The van der Waals surface area contributed by atoms with E-state index in [4.69, 9.17) is 16.3 Å². The van der Waals surface area contributed by atoms with E-state index in [9.17, 15) is 14.9 Å². The quantitative estimate of drug-likeness (QED) is 0.440. The summed E-state index contributed by atoms with van der Waals surface area (Å²) in [6, 6.07) is 2.25. The molecule has 0 fully saturated rings. The van der Waals surface area contributed by atoms with Gasteiger partial charge in [-0.1, -0.05) is 11.6 Å². The molecule has 0 N–H and O–H groups in total. The number of methoxy groups -OCH3 is 1. The van der Waals surface area contributed by atoms with E-state index in [1.165, 1.54) is 7.11 Å². The summed E-state index contributed by atoms with van der Waals surface area (Å²) < 4.78 is 4.79. The van der Waals surface area contributed by atoms with E-state index in [0.717, 1.165) is 12.1 Å². The number of nitro groups is 1. The number of nitrogens with zero attached hydrogens (tertiary/aromatic N) is 1. The lowest BCUT2D eigenvalue weighted by molar-refractivity contribution is -0.384. The second-order valence-corrected chi connectivity index (χ2v) is 2.83. The van der Waals surface area contributed by atoms with E-state index in [2.05, 4.69) is 0 Å². The Morgan fingerprint density at radius 2 is 2.21 bits per heavy atom. The first-order chi connectivity index (χ1) is 6.60. The summed E-state index contributed by atoms with van der Waals surface area (Å²) in [6.45, 7) is 0. The third-order valence-corrected chi connectivity index (χ3v) is 1.94. The number of aldehydes is 1. The maximum absolute atomic E-state index is 10.6. The number of hydrogen-bond acceptors (Lipinski definition) is 4. The standard InChI is InChI=1S/C8H6ClNO4/c1-14-8-3-5(10(12)13)2-7(9)6(8)4-11/h2-4H,1H3. The Morgan fingerprint density at radius 1 is 1.57 bits per heavy atom. The zero-order chi connectivity index (χ0) is 10.7. The second-order valence-electron chi connectivity index (χ2n) is 2.42. The van der Waals surface area contributed by atoms with E-state index in [1.807, 2.05) is 0 Å². The summed E-state index contributed by atoms with van der Waals surface area (Å²) in [6.07, 6.45) is 0.491. The number of halogens is 1. The molecule has 0 saturated heterocycles. The zero-order valence-electron chi connectivity index (χ0n) is 7.19. The highest BCUT2D eigenvalue weighted by Gasteiger charge is 2.15. The normalized spacial score (nSPS) is 9.57. The number of nitro benzene ring substituents is 1. The lowest BCUT2D eigenvalue weighted by Gasteiger charge is -2.04. The first kappa shape index (κ1) is 10.5. The van der Waals surface area contributed by atoms with Crippen LogP contribution in [0, 0.1) is 10.1 Å². The predicted octanol–water partition coefficient (Wildman–Crippen LogP) is 2.07. The molecule has 5 nitrogen and oxygen atoms in total. The number of hydrogen-bond donors (Lipinski definition) is 0. The zero-order valence-corrected chi connectivity index (χ0v) is 7.95. The highest BCUT2D eigenvalue weighted by molar-refractivity contribution is 6.33. The topological polar surface area (TPSA) is 69.4 Å². The molecular weight excluding hydrogens is 210 g/mol. The average Bonchev–Trinajstić information content (AvgIpc) is 2.16. The minimum atomic E-state index is -0.608. The molecule has 0 aliphatic heterocycles. The van der Waals surface area contributed by atoms with Gasteiger partial charge in [0.2, 0.25) is 0 Å². The lowest BCUT2D eigenvalue weighted by atomic mass is 10.2. The van der Waals surface area contributed by atoms with Gasteiger partial charge in [0.25, 0.3) is 5.69 Å². The van der Waals surface area contributed by atoms with Crippen LogP contribution in [-0.4, -0.2) is 18.3 Å². The maximum atomic E-state index is 10.6. The Kier molecular flexibility index (Phi) is 3.03. The van der Waals surface area contributed by atoms with Crippen molar-refractivity contribution in [1.29, 1.82) is 0 Å². The van der Waals surface area contributed by atoms with Crippen LogP contribution in [0.1, 0.15) is 10.4 Å². The molecule has 0 unspecified atom stereocenters. The smallest absolute Gasteiger partial charge is 0.274 e. The fourth-order valence-corrected chi connectivity index (χ4v) is 1.22. The monoisotopic (exact) mass is 215 g/mol. The van der Waals surface area contributed by atoms with Crippen molar-refractivity contribution in [3.05, 3.63) is 32.8 Å². The van der Waals surface area contributed by atoms with Gasteiger partial charge in [-0.3, -0.25) is 14.9 Å². The molecule has 0 radical (unpaired) electrons. The number of benzene rings is 1. The molecule has 0 bridgehead atoms. The van der Waals surface area contributed by atoms with Gasteiger partial charge in [0.05, 0.1) is 28.7 Å². The summed E-state index contributed by atoms with van der Waals surface area (Å²) in [7, 11) is 1.31. The lowest BCUT2D eigenvalue weighted by Crippen LogP contribution is -1.95. The van der Waals surface area contributed by atoms with Gasteiger partial charge >= 0.3 is 0 Å². The molecule has 0 spiro atoms. The van der Waals surface area contributed by atoms with E-state index < -0.39 is 4.92 Å². The van der Waals surface area contributed by atoms with Crippen molar-refractivity contribution in [2.75, 3.05) is 7.11 Å². The van der Waals surface area contributed by atoms with Crippen molar-refractivity contribution >= 4 is 23.6 Å². The molecule has 6 heteroatoms. The molecule has 74 valence electrons. The first-order valence-corrected chi connectivity index (χ1v) is 3.95. The molecule has 1 rings (SSSR count). The van der Waals surface area contributed by atoms with Gasteiger partial charge in [-0.05, 0) is 0 Å². The number of non-ortho nitro benzene ring substituents is 1. The Bertz CT molecular complexity index is 391. The third kappa shape index (κ3) is 1.82. The average molecular weight is 216 g/mol. The van der Waals surface area contributed by atoms with Gasteiger partial charge in [-0.2, -0.15) is 0 Å². The molecule has 0 aromatic heterocycles. The molecule has 0 heterocycles. The summed E-state index contributed by atoms with van der Waals surface area (Å²) in [5.74, 6) is 0.0965. The fourth-order valence-electron chi connectivity index (χ4n) is 0.968. The van der Waals surface area contributed by atoms with Crippen molar-refractivity contribution in [1.82, 2.24) is 0 Å². The van der Waals surface area contributed by atoms with Crippen molar-refractivity contribution in [3.63, 3.8) is 0 Å². The van der Waals surface area contributed by atoms with Crippen LogP contribution in [0.25, 0.3) is 0 Å². The van der Waals surface area contributed by atoms with Crippen LogP contribution in [0.4, 0.5) is 5.69 Å². The number of carbonyl (C=O) groups excluding carboxylic acids is 1. The molecule has 0 saturated carbocycles. The van der Waals surface area contributed by atoms with Crippen LogP contribution in [0.15, 0.2) is 12.1 Å². The van der Waals surface area contributed by atoms with E-state index in [-0.39, 0.29) is 22.0 Å². The Morgan fingerprint density at radius 3 is 2.64 bits per heavy atom. The number of carbonyl (C=O) groups is 1. The third-order valence-electron chi connectivity index (χ3n) is 1.62. The van der Waals surface area contributed by atoms with Crippen LogP contribution in [0.5, 0.6) is 5.75 Å². The molecule has 1 aromatic rings. The van der Waals surface area contributed by atoms with E-state index >= 15 is 0 Å². The largest absolute Gasteiger partial charge is 0.496 e. The van der Waals surface area contributed by atoms with Crippen molar-refractivity contribution in [2.24, 2.45) is 0 Å². The van der Waals surface area contributed by atoms with Gasteiger partial charge in [-0.25, -0.2) is 0 Å². The van der Waals surface area contributed by atoms with Gasteiger partial charge < -0.3 is 4.74 Å². The van der Waals surface area contributed by atoms with Gasteiger partial charge in [0.15, 0.2) is 6.29 Å². The molecular formula is C8H6ClNO4. The van der Waals surface area contributed by atoms with Crippen LogP contribution in [0.3, 0.4) is 0 Å². The van der Waals surface area contributed by atoms with Gasteiger partial charge in [0, 0.05) is 6.07 Å². The van der Waals surface area contributed by atoms with Crippen LogP contribution < -0.4 is 4.74 Å². The number of rotatable bonds is 3. The summed E-state index contributed by atoms with van der Waals surface area (Å²) in [5.41, 5.74) is -0.0998. The Labute approximate surface area is 84.4 Å². The Hall–Kier alpha value is -1.62. The van der Waals surface area contributed by atoms with Crippen LogP contribution >= 0.6 is 11.6 Å². The molecule has 0 aliphatic carbocycles. The molecule has 1 aromatic carbocycles. The molecule has 0 amide bonds. The van der Waals surface area contributed by atoms with E-state index in [1.54, 1.807) is 0 Å². The summed E-state index contributed by atoms with van der Waals surface area (Å²) in [4.78, 5) is 20.4. The maximum Gasteiger partial charge on any atom is 0.274 e. The minimum Gasteiger partial charge on any atom is -0.496 e. The minimum absolute atomic E-state index is 0.00560. The van der Waals surface area contributed by atoms with Crippen LogP contribution in [-0.2, 0) is 0 Å². The van der Waals surface area contributed by atoms with Crippen molar-refractivity contribution in [2.45, 2.75) is 0 Å². The molecule has 0 atom stereocenters. The predicted molar refractivity (Wildman–Crippen MR) is 50.0 cm³/mol. The second kappa shape index (κ2) is 4.06. The highest BCUT2D eigenvalue weighted by atomic mass is 35.5. The van der Waals surface area contributed by atoms with Gasteiger partial charge in [0.1, 0.15) is 5.75 Å². The number of ether oxygens (including phenoxy) is 1. The van der Waals surface area contributed by atoms with Gasteiger partial charge in [-0.15, -0.1) is 0 Å². The van der Waals surface area contributed by atoms with E-state index in [0.29, 0.717) is 6.29 Å². The summed E-state index contributed by atoms with van der Waals surface area (Å²) >= 11 is 5.64. The SMILES string of the molecule is COc1cc([N+](=O)[O-])cc(Cl)c1C=O. The highest BCUT2D eigenvalue weighted by Crippen LogP contribution is 2.30. The van der Waals surface area contributed by atoms with Crippen molar-refractivity contribution < 1.29 is 14.5 Å². The first-order valence-electron chi connectivity index (χ1n) is 3.57. The molecule has 0 aliphatic rings. The van der Waals surface area contributed by atoms with Crippen LogP contribution in [0.2, 0.25) is 5.02 Å². The molecule has 14 heavy (non-hydrogen) atoms. The summed E-state index contributed by atoms with van der Waals surface area (Å²) in [5, 5.41) is 10.4.